The van der Waals surface area contributed by atoms with Crippen molar-refractivity contribution in [3.05, 3.63) is 59.8 Å². The number of nitrogens with one attached hydrogen (secondary N) is 1. The molecule has 0 bridgehead atoms. The molecule has 1 atom stereocenters. The number of alkyl halides is 3. The van der Waals surface area contributed by atoms with Crippen molar-refractivity contribution < 1.29 is 13.2 Å². The van der Waals surface area contributed by atoms with Gasteiger partial charge in [-0.25, -0.2) is 4.98 Å². The van der Waals surface area contributed by atoms with Crippen LogP contribution in [-0.4, -0.2) is 4.98 Å². The van der Waals surface area contributed by atoms with Crippen LogP contribution in [0.5, 0.6) is 0 Å². The Morgan fingerprint density at radius 1 is 1.11 bits per heavy atom. The van der Waals surface area contributed by atoms with Crippen LogP contribution in [0.4, 0.5) is 19.0 Å². The first kappa shape index (κ1) is 13.4. The van der Waals surface area contributed by atoms with Crippen LogP contribution >= 0.6 is 0 Å². The van der Waals surface area contributed by atoms with Gasteiger partial charge in [-0.2, -0.15) is 13.2 Å². The fourth-order valence-corrected chi connectivity index (χ4v) is 1.73. The van der Waals surface area contributed by atoms with Gasteiger partial charge >= 0.3 is 6.18 Å². The Labute approximate surface area is 109 Å². The van der Waals surface area contributed by atoms with Gasteiger partial charge in [0.25, 0.3) is 0 Å². The molecule has 0 aliphatic rings. The van der Waals surface area contributed by atoms with Gasteiger partial charge in [0.2, 0.25) is 0 Å². The summed E-state index contributed by atoms with van der Waals surface area (Å²) in [6.45, 7) is 1.87. The first-order chi connectivity index (χ1) is 8.97. The highest BCUT2D eigenvalue weighted by atomic mass is 19.4. The summed E-state index contributed by atoms with van der Waals surface area (Å²) in [7, 11) is 0. The fraction of sp³-hybridized carbons (Fsp3) is 0.214. The second-order valence-electron chi connectivity index (χ2n) is 4.20. The zero-order valence-electron chi connectivity index (χ0n) is 10.3. The van der Waals surface area contributed by atoms with E-state index in [9.17, 15) is 13.2 Å². The SMILES string of the molecule is CC(Nc1cc(C(F)(F)F)ccn1)c1ccccc1. The molecular formula is C14H13F3N2. The Morgan fingerprint density at radius 2 is 1.79 bits per heavy atom. The van der Waals surface area contributed by atoms with E-state index in [1.165, 1.54) is 0 Å². The van der Waals surface area contributed by atoms with Crippen LogP contribution in [0.3, 0.4) is 0 Å². The van der Waals surface area contributed by atoms with Gasteiger partial charge in [-0.3, -0.25) is 0 Å². The van der Waals surface area contributed by atoms with Crippen LogP contribution in [-0.2, 0) is 6.18 Å². The lowest BCUT2D eigenvalue weighted by Gasteiger charge is -2.16. The zero-order chi connectivity index (χ0) is 13.9. The summed E-state index contributed by atoms with van der Waals surface area (Å²) in [5.74, 6) is 0.214. The van der Waals surface area contributed by atoms with Crippen LogP contribution in [0.2, 0.25) is 0 Å². The molecule has 0 radical (unpaired) electrons. The standard InChI is InChI=1S/C14H13F3N2/c1-10(11-5-3-2-4-6-11)19-13-9-12(7-8-18-13)14(15,16)17/h2-10H,1H3,(H,18,19). The Kier molecular flexibility index (Phi) is 3.74. The predicted octanol–water partition coefficient (Wildman–Crippen LogP) is 4.27. The number of aromatic nitrogens is 1. The van der Waals surface area contributed by atoms with Crippen LogP contribution in [0, 0.1) is 0 Å². The van der Waals surface area contributed by atoms with E-state index in [1.54, 1.807) is 0 Å². The monoisotopic (exact) mass is 266 g/mol. The van der Waals surface area contributed by atoms with E-state index in [-0.39, 0.29) is 11.9 Å². The number of nitrogens with zero attached hydrogens (tertiary/aromatic N) is 1. The Balaban J connectivity index is 2.16. The molecule has 0 spiro atoms. The van der Waals surface area contributed by atoms with E-state index in [0.717, 1.165) is 23.9 Å². The zero-order valence-corrected chi connectivity index (χ0v) is 10.3. The minimum atomic E-state index is -4.35. The predicted molar refractivity (Wildman–Crippen MR) is 67.7 cm³/mol. The van der Waals surface area contributed by atoms with Crippen molar-refractivity contribution in [3.63, 3.8) is 0 Å². The Hall–Kier alpha value is -2.04. The molecule has 5 heteroatoms. The lowest BCUT2D eigenvalue weighted by atomic mass is 10.1. The highest BCUT2D eigenvalue weighted by Gasteiger charge is 2.30. The first-order valence-corrected chi connectivity index (χ1v) is 5.81. The molecule has 2 rings (SSSR count). The quantitative estimate of drug-likeness (QED) is 0.897. The molecule has 0 amide bonds. The summed E-state index contributed by atoms with van der Waals surface area (Å²) < 4.78 is 37.7. The van der Waals surface area contributed by atoms with E-state index >= 15 is 0 Å². The van der Waals surface area contributed by atoms with E-state index in [2.05, 4.69) is 10.3 Å². The molecule has 0 saturated heterocycles. The smallest absolute Gasteiger partial charge is 0.364 e. The molecule has 1 unspecified atom stereocenters. The van der Waals surface area contributed by atoms with Crippen molar-refractivity contribution >= 4 is 5.82 Å². The number of pyridine rings is 1. The van der Waals surface area contributed by atoms with E-state index in [0.29, 0.717) is 0 Å². The van der Waals surface area contributed by atoms with Crippen molar-refractivity contribution in [2.75, 3.05) is 5.32 Å². The average molecular weight is 266 g/mol. The van der Waals surface area contributed by atoms with Gasteiger partial charge in [0.05, 0.1) is 5.56 Å². The van der Waals surface area contributed by atoms with E-state index in [4.69, 9.17) is 0 Å². The molecule has 1 aromatic carbocycles. The van der Waals surface area contributed by atoms with Gasteiger partial charge in [0.1, 0.15) is 5.82 Å². The summed E-state index contributed by atoms with van der Waals surface area (Å²) >= 11 is 0. The lowest BCUT2D eigenvalue weighted by Crippen LogP contribution is -2.10. The molecule has 100 valence electrons. The Morgan fingerprint density at radius 3 is 2.42 bits per heavy atom. The van der Waals surface area contributed by atoms with E-state index in [1.807, 2.05) is 37.3 Å². The highest BCUT2D eigenvalue weighted by Crippen LogP contribution is 2.30. The maximum Gasteiger partial charge on any atom is 0.416 e. The minimum absolute atomic E-state index is 0.114. The van der Waals surface area contributed by atoms with E-state index < -0.39 is 11.7 Å². The van der Waals surface area contributed by atoms with Crippen LogP contribution in [0.1, 0.15) is 24.1 Å². The normalized spacial score (nSPS) is 13.1. The van der Waals surface area contributed by atoms with Gasteiger partial charge < -0.3 is 5.32 Å². The number of anilines is 1. The lowest BCUT2D eigenvalue weighted by molar-refractivity contribution is -0.137. The second kappa shape index (κ2) is 5.30. The molecule has 0 aliphatic heterocycles. The van der Waals surface area contributed by atoms with Crippen molar-refractivity contribution in [1.29, 1.82) is 0 Å². The Bertz CT molecular complexity index is 538. The number of hydrogen-bond acceptors (Lipinski definition) is 2. The molecule has 1 N–H and O–H groups in total. The molecule has 0 fully saturated rings. The fourth-order valence-electron chi connectivity index (χ4n) is 1.73. The van der Waals surface area contributed by atoms with Gasteiger partial charge in [-0.1, -0.05) is 30.3 Å². The maximum absolute atomic E-state index is 12.6. The van der Waals surface area contributed by atoms with Crippen molar-refractivity contribution in [1.82, 2.24) is 4.98 Å². The summed E-state index contributed by atoms with van der Waals surface area (Å²) in [5.41, 5.74) is 0.284. The topological polar surface area (TPSA) is 24.9 Å². The minimum Gasteiger partial charge on any atom is -0.364 e. The summed E-state index contributed by atoms with van der Waals surface area (Å²) in [4.78, 5) is 3.91. The first-order valence-electron chi connectivity index (χ1n) is 5.81. The maximum atomic E-state index is 12.6. The molecule has 2 nitrogen and oxygen atoms in total. The molecule has 1 heterocycles. The third-order valence-electron chi connectivity index (χ3n) is 2.75. The van der Waals surface area contributed by atoms with Crippen LogP contribution in [0.15, 0.2) is 48.7 Å². The number of halogens is 3. The van der Waals surface area contributed by atoms with Gasteiger partial charge in [0.15, 0.2) is 0 Å². The molecule has 2 aromatic rings. The second-order valence-corrected chi connectivity index (χ2v) is 4.20. The van der Waals surface area contributed by atoms with Gasteiger partial charge in [-0.05, 0) is 24.6 Å². The van der Waals surface area contributed by atoms with Gasteiger partial charge in [-0.15, -0.1) is 0 Å². The van der Waals surface area contributed by atoms with Crippen molar-refractivity contribution in [2.45, 2.75) is 19.1 Å². The molecular weight excluding hydrogens is 253 g/mol. The number of hydrogen-bond donors (Lipinski definition) is 1. The third-order valence-corrected chi connectivity index (χ3v) is 2.75. The van der Waals surface area contributed by atoms with Crippen molar-refractivity contribution in [3.8, 4) is 0 Å². The average Bonchev–Trinajstić information content (AvgIpc) is 2.39. The number of benzene rings is 1. The molecule has 0 saturated carbocycles. The summed E-state index contributed by atoms with van der Waals surface area (Å²) in [6, 6.07) is 11.3. The van der Waals surface area contributed by atoms with Crippen LogP contribution < -0.4 is 5.32 Å². The molecule has 1 aromatic heterocycles. The summed E-state index contributed by atoms with van der Waals surface area (Å²) in [5, 5.41) is 2.96. The van der Waals surface area contributed by atoms with Crippen molar-refractivity contribution in [2.24, 2.45) is 0 Å². The molecule has 0 aliphatic carbocycles. The largest absolute Gasteiger partial charge is 0.416 e. The summed E-state index contributed by atoms with van der Waals surface area (Å²) in [6.07, 6.45) is -3.20. The number of rotatable bonds is 3. The van der Waals surface area contributed by atoms with Gasteiger partial charge in [0, 0.05) is 12.2 Å². The van der Waals surface area contributed by atoms with Crippen LogP contribution in [0.25, 0.3) is 0 Å². The third kappa shape index (κ3) is 3.47. The molecule has 19 heavy (non-hydrogen) atoms. The highest BCUT2D eigenvalue weighted by molar-refractivity contribution is 5.41.